The van der Waals surface area contributed by atoms with Gasteiger partial charge in [-0.1, -0.05) is 0 Å². The van der Waals surface area contributed by atoms with Crippen LogP contribution in [0.4, 0.5) is 0 Å². The van der Waals surface area contributed by atoms with Gasteiger partial charge in [0, 0.05) is 50.7 Å². The molecule has 1 fully saturated rings. The maximum absolute atomic E-state index is 12.1. The normalized spacial score (nSPS) is 17.1. The molecule has 2 heterocycles. The van der Waals surface area contributed by atoms with Crippen LogP contribution in [0.3, 0.4) is 0 Å². The van der Waals surface area contributed by atoms with Crippen molar-refractivity contribution in [3.63, 3.8) is 0 Å². The zero-order valence-corrected chi connectivity index (χ0v) is 9.75. The molecule has 0 saturated carbocycles. The van der Waals surface area contributed by atoms with E-state index in [0.717, 1.165) is 26.2 Å². The van der Waals surface area contributed by atoms with E-state index in [1.807, 2.05) is 4.90 Å². The lowest BCUT2D eigenvalue weighted by Gasteiger charge is -2.34. The lowest BCUT2D eigenvalue weighted by molar-refractivity contribution is 0.0615. The molecule has 0 aliphatic carbocycles. The first-order valence-electron chi connectivity index (χ1n) is 5.84. The van der Waals surface area contributed by atoms with Crippen LogP contribution in [-0.2, 0) is 0 Å². The second-order valence-corrected chi connectivity index (χ2v) is 4.09. The maximum atomic E-state index is 12.1. The van der Waals surface area contributed by atoms with Crippen LogP contribution in [-0.4, -0.2) is 65.1 Å². The average Bonchev–Trinajstić information content (AvgIpc) is 2.40. The predicted molar refractivity (Wildman–Crippen MR) is 63.7 cm³/mol. The fourth-order valence-electron chi connectivity index (χ4n) is 1.99. The van der Waals surface area contributed by atoms with Gasteiger partial charge in [0.05, 0.1) is 6.61 Å². The van der Waals surface area contributed by atoms with Gasteiger partial charge in [0.1, 0.15) is 0 Å². The Balaban J connectivity index is 1.91. The Kier molecular flexibility index (Phi) is 4.06. The van der Waals surface area contributed by atoms with Crippen LogP contribution in [0, 0.1) is 0 Å². The molecule has 17 heavy (non-hydrogen) atoms. The zero-order chi connectivity index (χ0) is 12.1. The third-order valence-corrected chi connectivity index (χ3v) is 3.00. The molecule has 1 amide bonds. The van der Waals surface area contributed by atoms with Crippen molar-refractivity contribution >= 4 is 5.91 Å². The van der Waals surface area contributed by atoms with Crippen molar-refractivity contribution in [3.8, 4) is 0 Å². The van der Waals surface area contributed by atoms with Crippen LogP contribution in [0.1, 0.15) is 10.4 Å². The topological polar surface area (TPSA) is 56.7 Å². The number of hydrogen-bond donors (Lipinski definition) is 1. The van der Waals surface area contributed by atoms with E-state index in [1.165, 1.54) is 0 Å². The number of β-amino-alcohol motifs (C(OH)–C–C–N with tert-alkyl or cyclic N) is 1. The highest BCUT2D eigenvalue weighted by molar-refractivity contribution is 5.94. The van der Waals surface area contributed by atoms with E-state index < -0.39 is 0 Å². The van der Waals surface area contributed by atoms with Gasteiger partial charge in [0.25, 0.3) is 5.91 Å². The number of aliphatic hydroxyl groups is 1. The van der Waals surface area contributed by atoms with Gasteiger partial charge in [0.2, 0.25) is 0 Å². The number of carbonyl (C=O) groups excluding carboxylic acids is 1. The molecule has 0 unspecified atom stereocenters. The summed E-state index contributed by atoms with van der Waals surface area (Å²) in [7, 11) is 0. The molecular weight excluding hydrogens is 218 g/mol. The van der Waals surface area contributed by atoms with E-state index in [0.29, 0.717) is 12.1 Å². The van der Waals surface area contributed by atoms with Gasteiger partial charge in [-0.25, -0.2) is 0 Å². The first kappa shape index (κ1) is 12.0. The van der Waals surface area contributed by atoms with Crippen molar-refractivity contribution in [2.24, 2.45) is 0 Å². The molecule has 0 aromatic carbocycles. The van der Waals surface area contributed by atoms with E-state index in [9.17, 15) is 4.79 Å². The van der Waals surface area contributed by atoms with Crippen molar-refractivity contribution in [2.75, 3.05) is 39.3 Å². The fourth-order valence-corrected chi connectivity index (χ4v) is 1.99. The second-order valence-electron chi connectivity index (χ2n) is 4.09. The van der Waals surface area contributed by atoms with Crippen molar-refractivity contribution < 1.29 is 9.90 Å². The molecule has 92 valence electrons. The maximum Gasteiger partial charge on any atom is 0.254 e. The van der Waals surface area contributed by atoms with E-state index in [1.54, 1.807) is 24.5 Å². The largest absolute Gasteiger partial charge is 0.395 e. The van der Waals surface area contributed by atoms with Crippen LogP contribution in [0.15, 0.2) is 24.5 Å². The summed E-state index contributed by atoms with van der Waals surface area (Å²) >= 11 is 0. The summed E-state index contributed by atoms with van der Waals surface area (Å²) in [6, 6.07) is 3.48. The Labute approximate surface area is 101 Å². The number of aliphatic hydroxyl groups excluding tert-OH is 1. The molecule has 5 heteroatoms. The number of nitrogens with zero attached hydrogens (tertiary/aromatic N) is 3. The fraction of sp³-hybridized carbons (Fsp3) is 0.500. The zero-order valence-electron chi connectivity index (χ0n) is 9.75. The molecule has 1 saturated heterocycles. The van der Waals surface area contributed by atoms with Crippen LogP contribution in [0.25, 0.3) is 0 Å². The highest BCUT2D eigenvalue weighted by atomic mass is 16.3. The van der Waals surface area contributed by atoms with Crippen LogP contribution in [0.2, 0.25) is 0 Å². The van der Waals surface area contributed by atoms with Gasteiger partial charge in [-0.05, 0) is 12.1 Å². The Hall–Kier alpha value is -1.46. The SMILES string of the molecule is O=C(c1ccncc1)N1CCN(CCO)CC1. The van der Waals surface area contributed by atoms with Gasteiger partial charge in [-0.3, -0.25) is 14.7 Å². The summed E-state index contributed by atoms with van der Waals surface area (Å²) in [4.78, 5) is 20.0. The third kappa shape index (κ3) is 3.01. The molecule has 2 rings (SSSR count). The van der Waals surface area contributed by atoms with Crippen LogP contribution < -0.4 is 0 Å². The molecule has 0 radical (unpaired) electrons. The van der Waals surface area contributed by atoms with E-state index in [2.05, 4.69) is 9.88 Å². The smallest absolute Gasteiger partial charge is 0.254 e. The average molecular weight is 235 g/mol. The summed E-state index contributed by atoms with van der Waals surface area (Å²) in [6.07, 6.45) is 3.27. The Bertz CT molecular complexity index is 361. The van der Waals surface area contributed by atoms with Crippen LogP contribution >= 0.6 is 0 Å². The van der Waals surface area contributed by atoms with Crippen molar-refractivity contribution in [3.05, 3.63) is 30.1 Å². The van der Waals surface area contributed by atoms with Crippen molar-refractivity contribution in [1.82, 2.24) is 14.8 Å². The summed E-state index contributed by atoms with van der Waals surface area (Å²) in [5.41, 5.74) is 0.690. The van der Waals surface area contributed by atoms with E-state index >= 15 is 0 Å². The molecule has 0 atom stereocenters. The minimum Gasteiger partial charge on any atom is -0.395 e. The number of hydrogen-bond acceptors (Lipinski definition) is 4. The Morgan fingerprint density at radius 1 is 1.24 bits per heavy atom. The van der Waals surface area contributed by atoms with Gasteiger partial charge < -0.3 is 10.0 Å². The number of amides is 1. The quantitative estimate of drug-likeness (QED) is 0.790. The van der Waals surface area contributed by atoms with Crippen molar-refractivity contribution in [1.29, 1.82) is 0 Å². The first-order valence-corrected chi connectivity index (χ1v) is 5.84. The highest BCUT2D eigenvalue weighted by Gasteiger charge is 2.21. The highest BCUT2D eigenvalue weighted by Crippen LogP contribution is 2.07. The minimum absolute atomic E-state index is 0.0658. The first-order chi connectivity index (χ1) is 8.31. The minimum atomic E-state index is 0.0658. The lowest BCUT2D eigenvalue weighted by Crippen LogP contribution is -2.49. The summed E-state index contributed by atoms with van der Waals surface area (Å²) in [6.45, 7) is 3.98. The molecule has 0 bridgehead atoms. The van der Waals surface area contributed by atoms with Gasteiger partial charge in [-0.15, -0.1) is 0 Å². The van der Waals surface area contributed by atoms with Gasteiger partial charge in [0.15, 0.2) is 0 Å². The van der Waals surface area contributed by atoms with Crippen molar-refractivity contribution in [2.45, 2.75) is 0 Å². The Morgan fingerprint density at radius 3 is 2.47 bits per heavy atom. The number of rotatable bonds is 3. The molecule has 1 aromatic rings. The Morgan fingerprint density at radius 2 is 1.88 bits per heavy atom. The van der Waals surface area contributed by atoms with Gasteiger partial charge >= 0.3 is 0 Å². The van der Waals surface area contributed by atoms with E-state index in [4.69, 9.17) is 5.11 Å². The monoisotopic (exact) mass is 235 g/mol. The van der Waals surface area contributed by atoms with Crippen LogP contribution in [0.5, 0.6) is 0 Å². The third-order valence-electron chi connectivity index (χ3n) is 3.00. The lowest BCUT2D eigenvalue weighted by atomic mass is 10.2. The summed E-state index contributed by atoms with van der Waals surface area (Å²) in [5, 5.41) is 8.84. The molecule has 0 spiro atoms. The molecule has 1 aliphatic heterocycles. The van der Waals surface area contributed by atoms with Gasteiger partial charge in [-0.2, -0.15) is 0 Å². The van der Waals surface area contributed by atoms with E-state index in [-0.39, 0.29) is 12.5 Å². The molecule has 1 aliphatic rings. The standard InChI is InChI=1S/C12H17N3O2/c16-10-9-14-5-7-15(8-6-14)12(17)11-1-3-13-4-2-11/h1-4,16H,5-10H2. The molecule has 1 aromatic heterocycles. The number of pyridine rings is 1. The second kappa shape index (κ2) is 5.75. The molecule has 5 nitrogen and oxygen atoms in total. The predicted octanol–water partition coefficient (Wildman–Crippen LogP) is -0.168. The number of aromatic nitrogens is 1. The summed E-state index contributed by atoms with van der Waals surface area (Å²) < 4.78 is 0. The number of piperazine rings is 1. The molecule has 1 N–H and O–H groups in total. The number of carbonyl (C=O) groups is 1. The summed E-state index contributed by atoms with van der Waals surface area (Å²) in [5.74, 6) is 0.0658. The molecular formula is C12H17N3O2.